The molecule has 6 heteroatoms. The van der Waals surface area contributed by atoms with Crippen LogP contribution in [0.5, 0.6) is 0 Å². The zero-order chi connectivity index (χ0) is 10.7. The summed E-state index contributed by atoms with van der Waals surface area (Å²) >= 11 is 0. The van der Waals surface area contributed by atoms with Crippen molar-refractivity contribution in [3.05, 3.63) is 42.7 Å². The van der Waals surface area contributed by atoms with Crippen molar-refractivity contribution in [2.45, 2.75) is 4.90 Å². The molecule has 1 aromatic heterocycles. The van der Waals surface area contributed by atoms with E-state index in [9.17, 15) is 8.42 Å². The number of nitrogens with one attached hydrogen (secondary N) is 1. The van der Waals surface area contributed by atoms with Crippen molar-refractivity contribution in [3.8, 4) is 0 Å². The van der Waals surface area contributed by atoms with Gasteiger partial charge in [0.1, 0.15) is 6.26 Å². The van der Waals surface area contributed by atoms with Gasteiger partial charge in [-0.2, -0.15) is 0 Å². The Bertz CT molecular complexity index is 520. The van der Waals surface area contributed by atoms with Gasteiger partial charge in [-0.05, 0) is 12.1 Å². The second kappa shape index (κ2) is 3.74. The fourth-order valence-corrected chi connectivity index (χ4v) is 2.08. The lowest BCUT2D eigenvalue weighted by molar-refractivity contribution is 0.423. The van der Waals surface area contributed by atoms with Crippen LogP contribution in [0.25, 0.3) is 0 Å². The first kappa shape index (κ1) is 9.72. The summed E-state index contributed by atoms with van der Waals surface area (Å²) in [5, 5.41) is 3.46. The Morgan fingerprint density at radius 2 is 1.87 bits per heavy atom. The van der Waals surface area contributed by atoms with Crippen LogP contribution in [0.15, 0.2) is 52.1 Å². The molecule has 0 atom stereocenters. The molecule has 5 nitrogen and oxygen atoms in total. The number of hydrogen-bond donors (Lipinski definition) is 1. The quantitative estimate of drug-likeness (QED) is 0.857. The van der Waals surface area contributed by atoms with Crippen molar-refractivity contribution in [3.63, 3.8) is 0 Å². The molecule has 78 valence electrons. The topological polar surface area (TPSA) is 72.2 Å². The minimum atomic E-state index is -3.56. The van der Waals surface area contributed by atoms with Crippen molar-refractivity contribution in [1.82, 2.24) is 5.16 Å². The van der Waals surface area contributed by atoms with Crippen molar-refractivity contribution >= 4 is 15.8 Å². The fraction of sp³-hybridized carbons (Fsp3) is 0. The first-order valence-electron chi connectivity index (χ1n) is 4.17. The maximum absolute atomic E-state index is 11.7. The summed E-state index contributed by atoms with van der Waals surface area (Å²) in [6, 6.07) is 9.48. The molecule has 0 amide bonds. The molecular weight excluding hydrogens is 216 g/mol. The maximum Gasteiger partial charge on any atom is 0.263 e. The van der Waals surface area contributed by atoms with Gasteiger partial charge in [0.2, 0.25) is 0 Å². The Morgan fingerprint density at radius 1 is 1.13 bits per heavy atom. The van der Waals surface area contributed by atoms with Gasteiger partial charge >= 0.3 is 0 Å². The van der Waals surface area contributed by atoms with Gasteiger partial charge in [-0.1, -0.05) is 23.4 Å². The van der Waals surface area contributed by atoms with Gasteiger partial charge in [-0.25, -0.2) is 8.42 Å². The van der Waals surface area contributed by atoms with Crippen LogP contribution in [0.4, 0.5) is 5.82 Å². The summed E-state index contributed by atoms with van der Waals surface area (Å²) in [7, 11) is -3.56. The molecule has 0 saturated carbocycles. The SMILES string of the molecule is O=S(=O)(Nc1ccon1)c1ccccc1. The van der Waals surface area contributed by atoms with E-state index in [0.717, 1.165) is 0 Å². The third-order valence-electron chi connectivity index (χ3n) is 1.73. The van der Waals surface area contributed by atoms with E-state index >= 15 is 0 Å². The van der Waals surface area contributed by atoms with Crippen LogP contribution >= 0.6 is 0 Å². The van der Waals surface area contributed by atoms with Gasteiger partial charge in [-0.3, -0.25) is 4.72 Å². The molecule has 0 fully saturated rings. The molecule has 1 aromatic carbocycles. The number of rotatable bonds is 3. The highest BCUT2D eigenvalue weighted by molar-refractivity contribution is 7.92. The number of benzene rings is 1. The molecule has 15 heavy (non-hydrogen) atoms. The molecular formula is C9H8N2O3S. The molecule has 0 aliphatic carbocycles. The van der Waals surface area contributed by atoms with Gasteiger partial charge < -0.3 is 4.52 Å². The van der Waals surface area contributed by atoms with Crippen LogP contribution in [0, 0.1) is 0 Å². The van der Waals surface area contributed by atoms with E-state index in [1.165, 1.54) is 24.5 Å². The number of nitrogens with zero attached hydrogens (tertiary/aromatic N) is 1. The molecule has 2 aromatic rings. The minimum Gasteiger partial charge on any atom is -0.363 e. The molecule has 0 bridgehead atoms. The number of hydrogen-bond acceptors (Lipinski definition) is 4. The van der Waals surface area contributed by atoms with Crippen molar-refractivity contribution < 1.29 is 12.9 Å². The van der Waals surface area contributed by atoms with Crippen LogP contribution in [-0.2, 0) is 10.0 Å². The molecule has 0 unspecified atom stereocenters. The average molecular weight is 224 g/mol. The largest absolute Gasteiger partial charge is 0.363 e. The fourth-order valence-electron chi connectivity index (χ4n) is 1.06. The van der Waals surface area contributed by atoms with E-state index in [0.29, 0.717) is 0 Å². The van der Waals surface area contributed by atoms with E-state index in [2.05, 4.69) is 14.4 Å². The summed E-state index contributed by atoms with van der Waals surface area (Å²) < 4.78 is 30.2. The van der Waals surface area contributed by atoms with E-state index in [1.54, 1.807) is 18.2 Å². The molecule has 0 saturated heterocycles. The van der Waals surface area contributed by atoms with Gasteiger partial charge in [0.05, 0.1) is 4.90 Å². The highest BCUT2D eigenvalue weighted by atomic mass is 32.2. The normalized spacial score (nSPS) is 11.2. The first-order valence-corrected chi connectivity index (χ1v) is 5.65. The van der Waals surface area contributed by atoms with E-state index in [-0.39, 0.29) is 10.7 Å². The summed E-state index contributed by atoms with van der Waals surface area (Å²) in [6.07, 6.45) is 1.29. The second-order valence-electron chi connectivity index (χ2n) is 2.80. The Kier molecular flexibility index (Phi) is 2.42. The lowest BCUT2D eigenvalue weighted by Gasteiger charge is -2.03. The van der Waals surface area contributed by atoms with Crippen molar-refractivity contribution in [2.75, 3.05) is 4.72 Å². The van der Waals surface area contributed by atoms with Gasteiger partial charge in [0.25, 0.3) is 10.0 Å². The monoisotopic (exact) mass is 224 g/mol. The Morgan fingerprint density at radius 3 is 2.47 bits per heavy atom. The van der Waals surface area contributed by atoms with E-state index < -0.39 is 10.0 Å². The van der Waals surface area contributed by atoms with Crippen LogP contribution in [0.3, 0.4) is 0 Å². The van der Waals surface area contributed by atoms with E-state index in [1.807, 2.05) is 0 Å². The number of aromatic nitrogens is 1. The van der Waals surface area contributed by atoms with Crippen LogP contribution in [0.1, 0.15) is 0 Å². The van der Waals surface area contributed by atoms with Gasteiger partial charge in [-0.15, -0.1) is 0 Å². The molecule has 0 aliphatic rings. The lowest BCUT2D eigenvalue weighted by Crippen LogP contribution is -2.12. The predicted octanol–water partition coefficient (Wildman–Crippen LogP) is 1.48. The van der Waals surface area contributed by atoms with Gasteiger partial charge in [0.15, 0.2) is 5.82 Å². The van der Waals surface area contributed by atoms with Gasteiger partial charge in [0, 0.05) is 6.07 Å². The van der Waals surface area contributed by atoms with Crippen molar-refractivity contribution in [2.24, 2.45) is 0 Å². The Labute approximate surface area is 86.8 Å². The molecule has 0 spiro atoms. The molecule has 0 radical (unpaired) electrons. The minimum absolute atomic E-state index is 0.166. The molecule has 1 heterocycles. The summed E-state index contributed by atoms with van der Waals surface area (Å²) in [5.74, 6) is 0.166. The zero-order valence-electron chi connectivity index (χ0n) is 7.62. The van der Waals surface area contributed by atoms with Crippen LogP contribution in [0.2, 0.25) is 0 Å². The summed E-state index contributed by atoms with van der Waals surface area (Å²) in [4.78, 5) is 0.188. The second-order valence-corrected chi connectivity index (χ2v) is 4.49. The number of anilines is 1. The summed E-state index contributed by atoms with van der Waals surface area (Å²) in [6.45, 7) is 0. The average Bonchev–Trinajstić information content (AvgIpc) is 2.71. The zero-order valence-corrected chi connectivity index (χ0v) is 8.44. The summed E-state index contributed by atoms with van der Waals surface area (Å²) in [5.41, 5.74) is 0. The molecule has 0 aliphatic heterocycles. The number of sulfonamides is 1. The standard InChI is InChI=1S/C9H8N2O3S/c12-15(13,8-4-2-1-3-5-8)11-9-6-7-14-10-9/h1-7H,(H,10,11). The van der Waals surface area contributed by atoms with Crippen molar-refractivity contribution in [1.29, 1.82) is 0 Å². The third kappa shape index (κ3) is 2.16. The van der Waals surface area contributed by atoms with Crippen LogP contribution < -0.4 is 4.72 Å². The first-order chi connectivity index (χ1) is 7.18. The predicted molar refractivity (Wildman–Crippen MR) is 53.8 cm³/mol. The smallest absolute Gasteiger partial charge is 0.263 e. The molecule has 2 rings (SSSR count). The third-order valence-corrected chi connectivity index (χ3v) is 3.10. The van der Waals surface area contributed by atoms with E-state index in [4.69, 9.17) is 0 Å². The van der Waals surface area contributed by atoms with Crippen LogP contribution in [-0.4, -0.2) is 13.6 Å². The Balaban J connectivity index is 2.29. The highest BCUT2D eigenvalue weighted by Gasteiger charge is 2.14. The highest BCUT2D eigenvalue weighted by Crippen LogP contribution is 2.13. The molecule has 1 N–H and O–H groups in total. The maximum atomic E-state index is 11.7. The Hall–Kier alpha value is -1.82. The lowest BCUT2D eigenvalue weighted by atomic mass is 10.4.